The number of ether oxygens (including phenoxy) is 2. The zero-order valence-electron chi connectivity index (χ0n) is 12.9. The highest BCUT2D eigenvalue weighted by Crippen LogP contribution is 2.13. The molecule has 0 aliphatic carbocycles. The number of aromatic nitrogens is 2. The third-order valence-electron chi connectivity index (χ3n) is 3.23. The van der Waals surface area contributed by atoms with Crippen LogP contribution in [-0.2, 0) is 22.7 Å². The minimum Gasteiger partial charge on any atom is -0.497 e. The van der Waals surface area contributed by atoms with Crippen LogP contribution in [0.15, 0.2) is 43.0 Å². The predicted octanol–water partition coefficient (Wildman–Crippen LogP) is 1.61. The summed E-state index contributed by atoms with van der Waals surface area (Å²) in [4.78, 5) is 15.9. The molecule has 6 nitrogen and oxygen atoms in total. The summed E-state index contributed by atoms with van der Waals surface area (Å²) in [5, 5.41) is 2.84. The van der Waals surface area contributed by atoms with Crippen molar-refractivity contribution in [2.45, 2.75) is 26.2 Å². The summed E-state index contributed by atoms with van der Waals surface area (Å²) in [5.41, 5.74) is 0.970. The Kier molecular flexibility index (Phi) is 5.97. The average Bonchev–Trinajstić information content (AvgIpc) is 3.06. The van der Waals surface area contributed by atoms with Gasteiger partial charge in [-0.15, -0.1) is 0 Å². The first-order valence-corrected chi connectivity index (χ1v) is 7.17. The number of carbonyl (C=O) groups excluding carboxylic acids is 1. The van der Waals surface area contributed by atoms with Crippen LogP contribution in [0.5, 0.6) is 5.75 Å². The van der Waals surface area contributed by atoms with Gasteiger partial charge in [0.25, 0.3) is 0 Å². The number of methoxy groups -OCH3 is 1. The monoisotopic (exact) mass is 303 g/mol. The molecule has 6 heteroatoms. The Morgan fingerprint density at radius 3 is 3.05 bits per heavy atom. The van der Waals surface area contributed by atoms with Crippen LogP contribution in [0.3, 0.4) is 0 Å². The number of rotatable bonds is 8. The largest absolute Gasteiger partial charge is 0.497 e. The summed E-state index contributed by atoms with van der Waals surface area (Å²) in [6, 6.07) is 7.60. The van der Waals surface area contributed by atoms with Gasteiger partial charge in [-0.05, 0) is 24.6 Å². The lowest BCUT2D eigenvalue weighted by atomic mass is 10.2. The number of hydrogen-bond donors (Lipinski definition) is 1. The molecule has 2 aromatic rings. The van der Waals surface area contributed by atoms with E-state index < -0.39 is 6.10 Å². The molecule has 1 atom stereocenters. The van der Waals surface area contributed by atoms with Gasteiger partial charge in [0, 0.05) is 25.5 Å². The Hall–Kier alpha value is -2.34. The van der Waals surface area contributed by atoms with Gasteiger partial charge >= 0.3 is 0 Å². The number of benzene rings is 1. The fourth-order valence-corrected chi connectivity index (χ4v) is 1.93. The number of carbonyl (C=O) groups is 1. The quantitative estimate of drug-likeness (QED) is 0.804. The van der Waals surface area contributed by atoms with Crippen LogP contribution in [0.2, 0.25) is 0 Å². The van der Waals surface area contributed by atoms with Crippen LogP contribution < -0.4 is 10.1 Å². The van der Waals surface area contributed by atoms with E-state index in [0.717, 1.165) is 11.3 Å². The number of nitrogens with one attached hydrogen (secondary N) is 1. The fourth-order valence-electron chi connectivity index (χ4n) is 1.93. The molecular weight excluding hydrogens is 282 g/mol. The molecule has 0 aliphatic rings. The number of imidazole rings is 1. The van der Waals surface area contributed by atoms with Gasteiger partial charge in [0.05, 0.1) is 20.0 Å². The van der Waals surface area contributed by atoms with E-state index in [9.17, 15) is 4.79 Å². The zero-order chi connectivity index (χ0) is 15.8. The van der Waals surface area contributed by atoms with E-state index in [4.69, 9.17) is 9.47 Å². The van der Waals surface area contributed by atoms with Crippen molar-refractivity contribution < 1.29 is 14.3 Å². The second-order valence-electron chi connectivity index (χ2n) is 4.90. The minimum absolute atomic E-state index is 0.122. The lowest BCUT2D eigenvalue weighted by Crippen LogP contribution is -2.36. The Morgan fingerprint density at radius 1 is 1.45 bits per heavy atom. The van der Waals surface area contributed by atoms with Crippen LogP contribution in [0.25, 0.3) is 0 Å². The molecule has 0 bridgehead atoms. The molecule has 0 aliphatic heterocycles. The summed E-state index contributed by atoms with van der Waals surface area (Å²) in [6.07, 6.45) is 4.78. The molecule has 2 rings (SSSR count). The molecule has 22 heavy (non-hydrogen) atoms. The molecule has 0 saturated carbocycles. The highest BCUT2D eigenvalue weighted by Gasteiger charge is 2.12. The molecule has 1 heterocycles. The molecule has 0 spiro atoms. The Bertz CT molecular complexity index is 584. The van der Waals surface area contributed by atoms with Crippen LogP contribution in [0.1, 0.15) is 12.5 Å². The van der Waals surface area contributed by atoms with Gasteiger partial charge in [0.15, 0.2) is 0 Å². The van der Waals surface area contributed by atoms with Crippen LogP contribution >= 0.6 is 0 Å². The maximum atomic E-state index is 11.9. The van der Waals surface area contributed by atoms with E-state index in [1.807, 2.05) is 35.0 Å². The minimum atomic E-state index is -0.506. The van der Waals surface area contributed by atoms with Crippen molar-refractivity contribution in [1.82, 2.24) is 14.9 Å². The SMILES string of the molecule is COc1cccc(CO[C@H](C)C(=O)NCCn2ccnc2)c1. The fraction of sp³-hybridized carbons (Fsp3) is 0.375. The summed E-state index contributed by atoms with van der Waals surface area (Å²) >= 11 is 0. The summed E-state index contributed by atoms with van der Waals surface area (Å²) in [6.45, 7) is 3.34. The Balaban J connectivity index is 1.71. The Labute approximate surface area is 130 Å². The van der Waals surface area contributed by atoms with E-state index in [0.29, 0.717) is 19.7 Å². The zero-order valence-corrected chi connectivity index (χ0v) is 12.9. The van der Waals surface area contributed by atoms with Gasteiger partial charge in [-0.2, -0.15) is 0 Å². The van der Waals surface area contributed by atoms with Gasteiger partial charge in [0.1, 0.15) is 11.9 Å². The van der Waals surface area contributed by atoms with Crippen molar-refractivity contribution in [3.05, 3.63) is 48.5 Å². The molecule has 118 valence electrons. The highest BCUT2D eigenvalue weighted by molar-refractivity contribution is 5.80. The normalized spacial score (nSPS) is 11.9. The maximum absolute atomic E-state index is 11.9. The maximum Gasteiger partial charge on any atom is 0.248 e. The first-order valence-electron chi connectivity index (χ1n) is 7.17. The highest BCUT2D eigenvalue weighted by atomic mass is 16.5. The van der Waals surface area contributed by atoms with E-state index in [-0.39, 0.29) is 5.91 Å². The van der Waals surface area contributed by atoms with Crippen molar-refractivity contribution in [3.8, 4) is 5.75 Å². The predicted molar refractivity (Wildman–Crippen MR) is 82.5 cm³/mol. The second kappa shape index (κ2) is 8.19. The van der Waals surface area contributed by atoms with E-state index in [2.05, 4.69) is 10.3 Å². The second-order valence-corrected chi connectivity index (χ2v) is 4.90. The average molecular weight is 303 g/mol. The van der Waals surface area contributed by atoms with E-state index >= 15 is 0 Å². The third-order valence-corrected chi connectivity index (χ3v) is 3.23. The van der Waals surface area contributed by atoms with Crippen LogP contribution in [0, 0.1) is 0 Å². The van der Waals surface area contributed by atoms with Crippen molar-refractivity contribution in [2.75, 3.05) is 13.7 Å². The van der Waals surface area contributed by atoms with E-state index in [1.54, 1.807) is 26.6 Å². The third kappa shape index (κ3) is 4.89. The lowest BCUT2D eigenvalue weighted by Gasteiger charge is -2.14. The molecule has 1 aromatic heterocycles. The van der Waals surface area contributed by atoms with E-state index in [1.165, 1.54) is 0 Å². The lowest BCUT2D eigenvalue weighted by molar-refractivity contribution is -0.132. The van der Waals surface area contributed by atoms with Crippen LogP contribution in [-0.4, -0.2) is 35.2 Å². The van der Waals surface area contributed by atoms with Gasteiger partial charge in [0.2, 0.25) is 5.91 Å². The first-order chi connectivity index (χ1) is 10.7. The van der Waals surface area contributed by atoms with Crippen molar-refractivity contribution in [1.29, 1.82) is 0 Å². The molecule has 0 fully saturated rings. The first kappa shape index (κ1) is 16.0. The number of amides is 1. The van der Waals surface area contributed by atoms with Crippen LogP contribution in [0.4, 0.5) is 0 Å². The van der Waals surface area contributed by atoms with Crippen molar-refractivity contribution in [2.24, 2.45) is 0 Å². The Morgan fingerprint density at radius 2 is 2.32 bits per heavy atom. The molecule has 0 radical (unpaired) electrons. The van der Waals surface area contributed by atoms with Crippen molar-refractivity contribution >= 4 is 5.91 Å². The molecule has 0 saturated heterocycles. The van der Waals surface area contributed by atoms with Crippen molar-refractivity contribution in [3.63, 3.8) is 0 Å². The van der Waals surface area contributed by atoms with Gasteiger partial charge in [-0.1, -0.05) is 12.1 Å². The number of nitrogens with zero attached hydrogens (tertiary/aromatic N) is 2. The molecule has 0 unspecified atom stereocenters. The van der Waals surface area contributed by atoms with Gasteiger partial charge < -0.3 is 19.4 Å². The summed E-state index contributed by atoms with van der Waals surface area (Å²) < 4.78 is 12.7. The molecule has 1 N–H and O–H groups in total. The molecular formula is C16H21N3O3. The molecule has 1 amide bonds. The topological polar surface area (TPSA) is 65.4 Å². The van der Waals surface area contributed by atoms with Gasteiger partial charge in [-0.25, -0.2) is 4.98 Å². The smallest absolute Gasteiger partial charge is 0.248 e. The van der Waals surface area contributed by atoms with Gasteiger partial charge in [-0.3, -0.25) is 4.79 Å². The summed E-state index contributed by atoms with van der Waals surface area (Å²) in [7, 11) is 1.62. The molecule has 1 aromatic carbocycles. The standard InChI is InChI=1S/C16H21N3O3/c1-13(16(20)18-7-9-19-8-6-17-12-19)22-11-14-4-3-5-15(10-14)21-2/h3-6,8,10,12-13H,7,9,11H2,1-2H3,(H,18,20)/t13-/m1/s1. The number of hydrogen-bond acceptors (Lipinski definition) is 4. The summed E-state index contributed by atoms with van der Waals surface area (Å²) in [5.74, 6) is 0.654.